The topological polar surface area (TPSA) is 91.3 Å². The number of nitrogen functional groups attached to an aromatic ring is 1. The molecule has 0 aliphatic heterocycles. The molecule has 18 heavy (non-hydrogen) atoms. The number of rotatable bonds is 3. The lowest BCUT2D eigenvalue weighted by atomic mass is 10.3. The molecule has 1 aromatic carbocycles. The monoisotopic (exact) mass is 249 g/mol. The standard InChI is InChI=1S/C11H8FN3O3/c12-8-6-7(15(16)17)4-5-9(8)18-11-3-1-2-10(13)14-11/h1-6H,(H2,13,14). The predicted molar refractivity (Wildman–Crippen MR) is 61.8 cm³/mol. The maximum absolute atomic E-state index is 13.5. The van der Waals surface area contributed by atoms with Crippen LogP contribution in [-0.4, -0.2) is 9.91 Å². The number of ether oxygens (including phenoxy) is 1. The van der Waals surface area contributed by atoms with Crippen molar-refractivity contribution in [1.82, 2.24) is 4.98 Å². The van der Waals surface area contributed by atoms with Crippen LogP contribution < -0.4 is 10.5 Å². The van der Waals surface area contributed by atoms with Gasteiger partial charge in [-0.2, -0.15) is 4.98 Å². The molecule has 0 unspecified atom stereocenters. The molecule has 2 rings (SSSR count). The van der Waals surface area contributed by atoms with E-state index in [-0.39, 0.29) is 23.1 Å². The van der Waals surface area contributed by atoms with Crippen LogP contribution in [0, 0.1) is 15.9 Å². The minimum absolute atomic E-state index is 0.114. The lowest BCUT2D eigenvalue weighted by Crippen LogP contribution is -1.95. The molecule has 1 aromatic heterocycles. The molecule has 7 heteroatoms. The summed E-state index contributed by atoms with van der Waals surface area (Å²) in [6.07, 6.45) is 0. The molecule has 1 heterocycles. The maximum atomic E-state index is 13.5. The van der Waals surface area contributed by atoms with Gasteiger partial charge in [-0.1, -0.05) is 6.07 Å². The van der Waals surface area contributed by atoms with E-state index in [2.05, 4.69) is 4.98 Å². The summed E-state index contributed by atoms with van der Waals surface area (Å²) < 4.78 is 18.6. The van der Waals surface area contributed by atoms with Crippen molar-refractivity contribution in [2.75, 3.05) is 5.73 Å². The van der Waals surface area contributed by atoms with Crippen molar-refractivity contribution >= 4 is 11.5 Å². The summed E-state index contributed by atoms with van der Waals surface area (Å²) in [5, 5.41) is 10.4. The molecule has 2 N–H and O–H groups in total. The third kappa shape index (κ3) is 2.51. The Morgan fingerprint density at radius 1 is 1.33 bits per heavy atom. The first-order chi connectivity index (χ1) is 8.56. The Hall–Kier alpha value is -2.70. The minimum Gasteiger partial charge on any atom is -0.436 e. The normalized spacial score (nSPS) is 10.1. The van der Waals surface area contributed by atoms with Crippen LogP contribution in [0.1, 0.15) is 0 Å². The number of pyridine rings is 1. The van der Waals surface area contributed by atoms with Crippen LogP contribution in [0.5, 0.6) is 11.6 Å². The van der Waals surface area contributed by atoms with Gasteiger partial charge in [-0.3, -0.25) is 10.1 Å². The first-order valence-electron chi connectivity index (χ1n) is 4.90. The maximum Gasteiger partial charge on any atom is 0.272 e. The summed E-state index contributed by atoms with van der Waals surface area (Å²) in [6, 6.07) is 7.74. The fourth-order valence-electron chi connectivity index (χ4n) is 1.29. The molecule has 0 amide bonds. The lowest BCUT2D eigenvalue weighted by Gasteiger charge is -2.05. The Balaban J connectivity index is 2.27. The summed E-state index contributed by atoms with van der Waals surface area (Å²) in [5.74, 6) is -0.648. The van der Waals surface area contributed by atoms with Crippen LogP contribution in [0.15, 0.2) is 36.4 Å². The quantitative estimate of drug-likeness (QED) is 0.666. The minimum atomic E-state index is -0.839. The smallest absolute Gasteiger partial charge is 0.272 e. The van der Waals surface area contributed by atoms with E-state index in [4.69, 9.17) is 10.5 Å². The lowest BCUT2D eigenvalue weighted by molar-refractivity contribution is -0.385. The first kappa shape index (κ1) is 11.8. The number of nitrogens with two attached hydrogens (primary N) is 1. The fraction of sp³-hybridized carbons (Fsp3) is 0. The molecule has 0 saturated carbocycles. The average Bonchev–Trinajstić information content (AvgIpc) is 2.31. The van der Waals surface area contributed by atoms with Gasteiger partial charge in [0.05, 0.1) is 11.0 Å². The summed E-state index contributed by atoms with van der Waals surface area (Å²) in [5.41, 5.74) is 5.09. The van der Waals surface area contributed by atoms with E-state index < -0.39 is 10.7 Å². The highest BCUT2D eigenvalue weighted by molar-refractivity contribution is 5.40. The van der Waals surface area contributed by atoms with E-state index in [1.807, 2.05) is 0 Å². The van der Waals surface area contributed by atoms with E-state index >= 15 is 0 Å². The van der Waals surface area contributed by atoms with Crippen molar-refractivity contribution in [1.29, 1.82) is 0 Å². The highest BCUT2D eigenvalue weighted by Crippen LogP contribution is 2.26. The zero-order valence-electron chi connectivity index (χ0n) is 9.04. The van der Waals surface area contributed by atoms with Gasteiger partial charge in [0.25, 0.3) is 5.69 Å². The molecule has 0 radical (unpaired) electrons. The number of aromatic nitrogens is 1. The van der Waals surface area contributed by atoms with Crippen molar-refractivity contribution in [2.45, 2.75) is 0 Å². The van der Waals surface area contributed by atoms with Gasteiger partial charge in [0.1, 0.15) is 5.82 Å². The fourth-order valence-corrected chi connectivity index (χ4v) is 1.29. The van der Waals surface area contributed by atoms with Crippen molar-refractivity contribution in [3.05, 3.63) is 52.3 Å². The predicted octanol–water partition coefficient (Wildman–Crippen LogP) is 2.50. The Kier molecular flexibility index (Phi) is 3.05. The molecular formula is C11H8FN3O3. The number of halogens is 1. The molecule has 0 atom stereocenters. The van der Waals surface area contributed by atoms with Crippen LogP contribution >= 0.6 is 0 Å². The van der Waals surface area contributed by atoms with Crippen LogP contribution in [0.2, 0.25) is 0 Å². The van der Waals surface area contributed by atoms with E-state index in [1.165, 1.54) is 12.1 Å². The molecule has 0 spiro atoms. The van der Waals surface area contributed by atoms with E-state index in [1.54, 1.807) is 12.1 Å². The highest BCUT2D eigenvalue weighted by Gasteiger charge is 2.12. The first-order valence-corrected chi connectivity index (χ1v) is 4.90. The van der Waals surface area contributed by atoms with Gasteiger partial charge >= 0.3 is 0 Å². The van der Waals surface area contributed by atoms with E-state index in [0.717, 1.165) is 12.1 Å². The zero-order chi connectivity index (χ0) is 13.1. The SMILES string of the molecule is Nc1cccc(Oc2ccc([N+](=O)[O-])cc2F)n1. The number of anilines is 1. The largest absolute Gasteiger partial charge is 0.436 e. The molecular weight excluding hydrogens is 241 g/mol. The molecule has 0 saturated heterocycles. The number of non-ortho nitro benzene ring substituents is 1. The van der Waals surface area contributed by atoms with Crippen LogP contribution in [-0.2, 0) is 0 Å². The number of hydrogen-bond donors (Lipinski definition) is 1. The third-order valence-electron chi connectivity index (χ3n) is 2.09. The second-order valence-electron chi connectivity index (χ2n) is 3.37. The van der Waals surface area contributed by atoms with Crippen molar-refractivity contribution in [3.8, 4) is 11.6 Å². The molecule has 2 aromatic rings. The van der Waals surface area contributed by atoms with E-state index in [0.29, 0.717) is 0 Å². The van der Waals surface area contributed by atoms with Gasteiger partial charge in [0, 0.05) is 12.1 Å². The van der Waals surface area contributed by atoms with Crippen LogP contribution in [0.4, 0.5) is 15.9 Å². The third-order valence-corrected chi connectivity index (χ3v) is 2.09. The Morgan fingerprint density at radius 3 is 2.72 bits per heavy atom. The molecule has 0 bridgehead atoms. The van der Waals surface area contributed by atoms with Gasteiger partial charge in [0.15, 0.2) is 11.6 Å². The average molecular weight is 249 g/mol. The number of benzene rings is 1. The molecule has 92 valence electrons. The second-order valence-corrected chi connectivity index (χ2v) is 3.37. The number of nitro groups is 1. The van der Waals surface area contributed by atoms with Gasteiger partial charge in [-0.25, -0.2) is 4.39 Å². The number of hydrogen-bond acceptors (Lipinski definition) is 5. The zero-order valence-corrected chi connectivity index (χ0v) is 9.04. The highest BCUT2D eigenvalue weighted by atomic mass is 19.1. The molecule has 0 fully saturated rings. The summed E-state index contributed by atoms with van der Waals surface area (Å²) in [4.78, 5) is 13.6. The van der Waals surface area contributed by atoms with Crippen LogP contribution in [0.3, 0.4) is 0 Å². The summed E-state index contributed by atoms with van der Waals surface area (Å²) >= 11 is 0. The Labute approximate surface area is 101 Å². The number of nitro benzene ring substituents is 1. The summed E-state index contributed by atoms with van der Waals surface area (Å²) in [6.45, 7) is 0. The van der Waals surface area contributed by atoms with Gasteiger partial charge in [-0.15, -0.1) is 0 Å². The molecule has 6 nitrogen and oxygen atoms in total. The molecule has 0 aliphatic carbocycles. The van der Waals surface area contributed by atoms with Gasteiger partial charge < -0.3 is 10.5 Å². The second kappa shape index (κ2) is 4.66. The van der Waals surface area contributed by atoms with Crippen LogP contribution in [0.25, 0.3) is 0 Å². The Bertz CT molecular complexity index is 604. The summed E-state index contributed by atoms with van der Waals surface area (Å²) in [7, 11) is 0. The molecule has 0 aliphatic rings. The number of nitrogens with zero attached hydrogens (tertiary/aromatic N) is 2. The van der Waals surface area contributed by atoms with Crippen molar-refractivity contribution in [3.63, 3.8) is 0 Å². The Morgan fingerprint density at radius 2 is 2.11 bits per heavy atom. The van der Waals surface area contributed by atoms with E-state index in [9.17, 15) is 14.5 Å². The van der Waals surface area contributed by atoms with Crippen molar-refractivity contribution < 1.29 is 14.1 Å². The van der Waals surface area contributed by atoms with Gasteiger partial charge in [0.2, 0.25) is 5.88 Å². The van der Waals surface area contributed by atoms with Crippen molar-refractivity contribution in [2.24, 2.45) is 0 Å². The van der Waals surface area contributed by atoms with Gasteiger partial charge in [-0.05, 0) is 12.1 Å².